The number of halogens is 8. The van der Waals surface area contributed by atoms with Crippen LogP contribution in [-0.2, 0) is 9.53 Å². The van der Waals surface area contributed by atoms with E-state index in [-0.39, 0.29) is 6.42 Å². The lowest BCUT2D eigenvalue weighted by molar-refractivity contribution is -0.291. The molecule has 1 rings (SSSR count). The van der Waals surface area contributed by atoms with E-state index in [9.17, 15) is 39.9 Å². The van der Waals surface area contributed by atoms with Crippen LogP contribution in [0.3, 0.4) is 0 Å². The normalized spacial score (nSPS) is 30.0. The van der Waals surface area contributed by atoms with Crippen molar-refractivity contribution in [3.05, 3.63) is 0 Å². The van der Waals surface area contributed by atoms with Gasteiger partial charge in [-0.1, -0.05) is 48.0 Å². The van der Waals surface area contributed by atoms with E-state index in [0.717, 1.165) is 0 Å². The van der Waals surface area contributed by atoms with E-state index in [4.69, 9.17) is 0 Å². The predicted molar refractivity (Wildman–Crippen MR) is 95.4 cm³/mol. The fourth-order valence-electron chi connectivity index (χ4n) is 3.63. The van der Waals surface area contributed by atoms with E-state index in [1.54, 1.807) is 20.8 Å². The van der Waals surface area contributed by atoms with Crippen LogP contribution in [0.2, 0.25) is 0 Å². The van der Waals surface area contributed by atoms with Crippen LogP contribution in [0, 0.1) is 16.2 Å². The molecule has 0 amide bonds. The molecule has 30 heavy (non-hydrogen) atoms. The highest BCUT2D eigenvalue weighted by Gasteiger charge is 2.93. The molecule has 3 atom stereocenters. The Hall–Kier alpha value is -1.09. The van der Waals surface area contributed by atoms with E-state index in [2.05, 4.69) is 4.74 Å². The lowest BCUT2D eigenvalue weighted by Gasteiger charge is -2.46. The standard InChI is InChI=1S/C20H30F8O2/c1-8-14(3,4)10-16(7,15(5,6)9-2)13(29)30-11-17(22)12(21)18(23,24)20(27,28)19(17,25)26/h12H,8-11H2,1-7H3. The molecule has 0 N–H and O–H groups in total. The second-order valence-electron chi connectivity index (χ2n) is 9.84. The van der Waals surface area contributed by atoms with Crippen molar-refractivity contribution in [3.63, 3.8) is 0 Å². The van der Waals surface area contributed by atoms with Gasteiger partial charge < -0.3 is 4.74 Å². The maximum Gasteiger partial charge on any atom is 0.378 e. The van der Waals surface area contributed by atoms with E-state index in [1.807, 2.05) is 20.8 Å². The smallest absolute Gasteiger partial charge is 0.378 e. The molecule has 0 bridgehead atoms. The highest BCUT2D eigenvalue weighted by Crippen LogP contribution is 2.63. The van der Waals surface area contributed by atoms with Gasteiger partial charge in [-0.05, 0) is 30.6 Å². The molecule has 0 saturated heterocycles. The molecule has 0 radical (unpaired) electrons. The van der Waals surface area contributed by atoms with Crippen LogP contribution >= 0.6 is 0 Å². The zero-order valence-corrected chi connectivity index (χ0v) is 18.2. The van der Waals surface area contributed by atoms with Crippen LogP contribution in [0.1, 0.15) is 67.7 Å². The van der Waals surface area contributed by atoms with E-state index in [0.29, 0.717) is 12.8 Å². The number of rotatable bonds is 8. The highest BCUT2D eigenvalue weighted by molar-refractivity contribution is 5.77. The van der Waals surface area contributed by atoms with Gasteiger partial charge in [-0.25, -0.2) is 8.78 Å². The molecule has 0 aromatic rings. The van der Waals surface area contributed by atoms with Crippen LogP contribution in [-0.4, -0.2) is 42.2 Å². The summed E-state index contributed by atoms with van der Waals surface area (Å²) >= 11 is 0. The third-order valence-corrected chi connectivity index (χ3v) is 7.09. The second kappa shape index (κ2) is 7.50. The summed E-state index contributed by atoms with van der Waals surface area (Å²) in [6, 6.07) is 0. The number of carbonyl (C=O) groups is 1. The van der Waals surface area contributed by atoms with Gasteiger partial charge in [0.25, 0.3) is 5.67 Å². The Morgan fingerprint density at radius 2 is 1.33 bits per heavy atom. The van der Waals surface area contributed by atoms with Crippen molar-refractivity contribution in [2.24, 2.45) is 16.2 Å². The number of hydrogen-bond donors (Lipinski definition) is 0. The largest absolute Gasteiger partial charge is 0.461 e. The fourth-order valence-corrected chi connectivity index (χ4v) is 3.63. The molecule has 3 unspecified atom stereocenters. The van der Waals surface area contributed by atoms with Gasteiger partial charge in [0.05, 0.1) is 5.41 Å². The Bertz CT molecular complexity index is 661. The van der Waals surface area contributed by atoms with Crippen molar-refractivity contribution < 1.29 is 44.7 Å². The maximum absolute atomic E-state index is 14.6. The zero-order valence-electron chi connectivity index (χ0n) is 18.2. The summed E-state index contributed by atoms with van der Waals surface area (Å²) in [7, 11) is 0. The third-order valence-electron chi connectivity index (χ3n) is 7.09. The number of hydrogen-bond acceptors (Lipinski definition) is 2. The Labute approximate surface area is 171 Å². The highest BCUT2D eigenvalue weighted by atomic mass is 19.4. The summed E-state index contributed by atoms with van der Waals surface area (Å²) in [5.74, 6) is -19.6. The summed E-state index contributed by atoms with van der Waals surface area (Å²) in [4.78, 5) is 12.9. The van der Waals surface area contributed by atoms with Crippen LogP contribution in [0.25, 0.3) is 0 Å². The number of ether oxygens (including phenoxy) is 1. The van der Waals surface area contributed by atoms with E-state index >= 15 is 0 Å². The lowest BCUT2D eigenvalue weighted by Crippen LogP contribution is -2.56. The first-order valence-corrected chi connectivity index (χ1v) is 9.75. The minimum atomic E-state index is -6.28. The van der Waals surface area contributed by atoms with Gasteiger partial charge in [0.2, 0.25) is 6.17 Å². The van der Waals surface area contributed by atoms with Crippen molar-refractivity contribution in [3.8, 4) is 0 Å². The topological polar surface area (TPSA) is 26.3 Å². The molecule has 0 heterocycles. The average Bonchev–Trinajstić information content (AvgIpc) is 2.69. The molecule has 0 aromatic heterocycles. The molecule has 1 fully saturated rings. The summed E-state index contributed by atoms with van der Waals surface area (Å²) in [6.07, 6.45) is -3.40. The van der Waals surface area contributed by atoms with Crippen LogP contribution in [0.5, 0.6) is 0 Å². The molecule has 2 nitrogen and oxygen atoms in total. The Morgan fingerprint density at radius 1 is 0.867 bits per heavy atom. The molecule has 178 valence electrons. The van der Waals surface area contributed by atoms with Gasteiger partial charge in [0, 0.05) is 0 Å². The number of carbonyl (C=O) groups excluding carboxylic acids is 1. The zero-order chi connectivity index (χ0) is 24.2. The SMILES string of the molecule is CCC(C)(C)CC(C)(C(=O)OCC1(F)C(F)C(F)(F)C(F)(F)C1(F)F)C(C)(C)CC. The molecule has 1 saturated carbocycles. The van der Waals surface area contributed by atoms with Crippen molar-refractivity contribution in [2.45, 2.75) is 97.3 Å². The van der Waals surface area contributed by atoms with Crippen molar-refractivity contribution in [2.75, 3.05) is 6.61 Å². The van der Waals surface area contributed by atoms with Crippen molar-refractivity contribution in [1.82, 2.24) is 0 Å². The van der Waals surface area contributed by atoms with Crippen molar-refractivity contribution in [1.29, 1.82) is 0 Å². The lowest BCUT2D eigenvalue weighted by atomic mass is 9.58. The van der Waals surface area contributed by atoms with E-state index < -0.39 is 58.4 Å². The minimum absolute atomic E-state index is 0.150. The number of esters is 1. The fraction of sp³-hybridized carbons (Fsp3) is 0.950. The average molecular weight is 454 g/mol. The van der Waals surface area contributed by atoms with Crippen molar-refractivity contribution >= 4 is 5.97 Å². The maximum atomic E-state index is 14.6. The molecule has 1 aliphatic rings. The molecule has 1 aliphatic carbocycles. The first-order valence-electron chi connectivity index (χ1n) is 9.75. The summed E-state index contributed by atoms with van der Waals surface area (Å²) in [5, 5.41) is 0. The number of alkyl halides is 8. The van der Waals surface area contributed by atoms with Gasteiger partial charge >= 0.3 is 23.7 Å². The monoisotopic (exact) mass is 454 g/mol. The van der Waals surface area contributed by atoms with Gasteiger partial charge in [-0.2, -0.15) is 26.3 Å². The van der Waals surface area contributed by atoms with Gasteiger partial charge in [0.15, 0.2) is 0 Å². The Morgan fingerprint density at radius 3 is 1.67 bits per heavy atom. The Balaban J connectivity index is 3.30. The molecule has 0 aromatic carbocycles. The van der Waals surface area contributed by atoms with Crippen LogP contribution < -0.4 is 0 Å². The third kappa shape index (κ3) is 3.59. The minimum Gasteiger partial charge on any atom is -0.461 e. The summed E-state index contributed by atoms with van der Waals surface area (Å²) < 4.78 is 114. The van der Waals surface area contributed by atoms with Gasteiger partial charge in [0.1, 0.15) is 6.61 Å². The second-order valence-corrected chi connectivity index (χ2v) is 9.84. The van der Waals surface area contributed by atoms with Crippen LogP contribution in [0.15, 0.2) is 0 Å². The quantitative estimate of drug-likeness (QED) is 0.299. The molecule has 0 spiro atoms. The van der Waals surface area contributed by atoms with Crippen LogP contribution in [0.4, 0.5) is 35.1 Å². The van der Waals surface area contributed by atoms with E-state index in [1.165, 1.54) is 6.92 Å². The predicted octanol–water partition coefficient (Wildman–Crippen LogP) is 6.76. The Kier molecular flexibility index (Phi) is 6.74. The molecular formula is C20H30F8O2. The first kappa shape index (κ1) is 26.9. The first-order chi connectivity index (χ1) is 13.1. The molecule has 0 aliphatic heterocycles. The molecule has 10 heteroatoms. The summed E-state index contributed by atoms with van der Waals surface area (Å²) in [6.45, 7) is 9.78. The van der Waals surface area contributed by atoms with Gasteiger partial charge in [-0.15, -0.1) is 0 Å². The molecular weight excluding hydrogens is 424 g/mol. The van der Waals surface area contributed by atoms with Gasteiger partial charge in [-0.3, -0.25) is 4.79 Å². The summed E-state index contributed by atoms with van der Waals surface area (Å²) in [5.41, 5.74) is -7.76.